The van der Waals surface area contributed by atoms with Crippen molar-refractivity contribution in [3.8, 4) is 0 Å². The van der Waals surface area contributed by atoms with Gasteiger partial charge in [0.25, 0.3) is 0 Å². The predicted octanol–water partition coefficient (Wildman–Crippen LogP) is -1.81. The van der Waals surface area contributed by atoms with Gasteiger partial charge in [-0.25, -0.2) is 0 Å². The Morgan fingerprint density at radius 1 is 1.07 bits per heavy atom. The molecule has 0 radical (unpaired) electrons. The Bertz CT molecular complexity index is 208. The summed E-state index contributed by atoms with van der Waals surface area (Å²) in [4.78, 5) is 0. The van der Waals surface area contributed by atoms with Crippen LogP contribution in [0.4, 0.5) is 0 Å². The van der Waals surface area contributed by atoms with Crippen LogP contribution in [0.25, 0.3) is 0 Å². The van der Waals surface area contributed by atoms with Gasteiger partial charge in [0.15, 0.2) is 12.6 Å². The molecule has 0 unspecified atom stereocenters. The van der Waals surface area contributed by atoms with Crippen molar-refractivity contribution in [1.29, 1.82) is 0 Å². The summed E-state index contributed by atoms with van der Waals surface area (Å²) in [5, 5.41) is 28.0. The largest absolute Gasteiger partial charge is 0.394 e. The van der Waals surface area contributed by atoms with Gasteiger partial charge in [0.2, 0.25) is 0 Å². The minimum absolute atomic E-state index is 0.362. The fourth-order valence-corrected chi connectivity index (χ4v) is 1.75. The Hall–Kier alpha value is -0.240. The molecule has 0 aromatic rings. The van der Waals surface area contributed by atoms with Gasteiger partial charge in [0.1, 0.15) is 24.4 Å². The number of aliphatic hydroxyl groups is 3. The van der Waals surface area contributed by atoms with E-state index < -0.39 is 37.0 Å². The molecule has 6 atom stereocenters. The van der Waals surface area contributed by atoms with Crippen molar-refractivity contribution >= 4 is 0 Å². The zero-order valence-electron chi connectivity index (χ0n) is 7.74. The Kier molecular flexibility index (Phi) is 2.74. The Labute approximate surface area is 81.0 Å². The summed E-state index contributed by atoms with van der Waals surface area (Å²) in [5.41, 5.74) is 0. The Morgan fingerprint density at radius 3 is 2.43 bits per heavy atom. The van der Waals surface area contributed by atoms with Gasteiger partial charge in [-0.15, -0.1) is 0 Å². The zero-order chi connectivity index (χ0) is 10.3. The van der Waals surface area contributed by atoms with Crippen LogP contribution in [0.5, 0.6) is 0 Å². The molecule has 14 heavy (non-hydrogen) atoms. The highest BCUT2D eigenvalue weighted by Crippen LogP contribution is 2.30. The average molecular weight is 206 g/mol. The van der Waals surface area contributed by atoms with Gasteiger partial charge in [-0.2, -0.15) is 0 Å². The topological polar surface area (TPSA) is 88.4 Å². The smallest absolute Gasteiger partial charge is 0.190 e. The van der Waals surface area contributed by atoms with Crippen molar-refractivity contribution in [2.45, 2.75) is 43.9 Å². The molecule has 0 aromatic heterocycles. The third kappa shape index (κ3) is 1.54. The first-order valence-corrected chi connectivity index (χ1v) is 4.57. The second-order valence-corrected chi connectivity index (χ2v) is 3.51. The van der Waals surface area contributed by atoms with Gasteiger partial charge < -0.3 is 29.5 Å². The fourth-order valence-electron chi connectivity index (χ4n) is 1.75. The van der Waals surface area contributed by atoms with Crippen molar-refractivity contribution in [2.75, 3.05) is 6.61 Å². The number of aliphatic hydroxyl groups excluding tert-OH is 3. The molecule has 2 heterocycles. The molecule has 6 nitrogen and oxygen atoms in total. The zero-order valence-corrected chi connectivity index (χ0v) is 7.74. The van der Waals surface area contributed by atoms with Crippen molar-refractivity contribution in [1.82, 2.24) is 0 Å². The van der Waals surface area contributed by atoms with Crippen LogP contribution >= 0.6 is 0 Å². The first kappa shape index (κ1) is 10.3. The standard InChI is InChI=1S/C8H14O6/c1-3-12-7-6(11)5(10)4(2-9)14-8(7)13-3/h3-11H,2H2,1H3/t3-,4-,5+,6-,7-,8+/m0/s1. The highest BCUT2D eigenvalue weighted by Gasteiger charge is 2.50. The van der Waals surface area contributed by atoms with E-state index in [2.05, 4.69) is 0 Å². The lowest BCUT2D eigenvalue weighted by atomic mass is 9.99. The maximum absolute atomic E-state index is 9.62. The average Bonchev–Trinajstić information content (AvgIpc) is 2.52. The molecule has 3 N–H and O–H groups in total. The van der Waals surface area contributed by atoms with Crippen LogP contribution in [-0.4, -0.2) is 58.9 Å². The van der Waals surface area contributed by atoms with E-state index in [4.69, 9.17) is 19.3 Å². The monoisotopic (exact) mass is 206 g/mol. The fraction of sp³-hybridized carbons (Fsp3) is 1.00. The minimum Gasteiger partial charge on any atom is -0.394 e. The molecule has 0 aromatic carbocycles. The van der Waals surface area contributed by atoms with Crippen LogP contribution in [0, 0.1) is 0 Å². The van der Waals surface area contributed by atoms with Crippen molar-refractivity contribution in [3.63, 3.8) is 0 Å². The molecule has 6 heteroatoms. The number of hydrogen-bond acceptors (Lipinski definition) is 6. The summed E-state index contributed by atoms with van der Waals surface area (Å²) >= 11 is 0. The molecule has 2 rings (SSSR count). The lowest BCUT2D eigenvalue weighted by Crippen LogP contribution is -2.57. The van der Waals surface area contributed by atoms with Crippen molar-refractivity contribution in [3.05, 3.63) is 0 Å². The third-order valence-electron chi connectivity index (χ3n) is 2.50. The lowest BCUT2D eigenvalue weighted by Gasteiger charge is -2.36. The molecule has 82 valence electrons. The van der Waals surface area contributed by atoms with E-state index in [0.29, 0.717) is 0 Å². The first-order valence-electron chi connectivity index (χ1n) is 4.57. The SMILES string of the molecule is C[C@@H]1O[C@@H]2O[C@@H](CO)[C@@H](O)[C@H](O)[C@@H]2O1. The summed E-state index contributed by atoms with van der Waals surface area (Å²) in [6.07, 6.45) is -4.90. The number of hydrogen-bond donors (Lipinski definition) is 3. The minimum atomic E-state index is -1.14. The molecule has 2 saturated heterocycles. The van der Waals surface area contributed by atoms with E-state index in [0.717, 1.165) is 0 Å². The highest BCUT2D eigenvalue weighted by molar-refractivity contribution is 4.91. The van der Waals surface area contributed by atoms with Crippen molar-refractivity contribution in [2.24, 2.45) is 0 Å². The highest BCUT2D eigenvalue weighted by atomic mass is 16.8. The van der Waals surface area contributed by atoms with Crippen LogP contribution in [0.3, 0.4) is 0 Å². The van der Waals surface area contributed by atoms with Gasteiger partial charge >= 0.3 is 0 Å². The molecule has 0 saturated carbocycles. The molecule has 2 aliphatic heterocycles. The van der Waals surface area contributed by atoms with Crippen LogP contribution in [-0.2, 0) is 14.2 Å². The molecule has 0 aliphatic carbocycles. The second kappa shape index (κ2) is 3.73. The lowest BCUT2D eigenvalue weighted by molar-refractivity contribution is -0.252. The Morgan fingerprint density at radius 2 is 1.79 bits per heavy atom. The van der Waals surface area contributed by atoms with Crippen LogP contribution in [0.2, 0.25) is 0 Å². The van der Waals surface area contributed by atoms with E-state index >= 15 is 0 Å². The second-order valence-electron chi connectivity index (χ2n) is 3.51. The summed E-state index contributed by atoms with van der Waals surface area (Å²) in [7, 11) is 0. The predicted molar refractivity (Wildman–Crippen MR) is 43.2 cm³/mol. The van der Waals surface area contributed by atoms with E-state index in [-0.39, 0.29) is 6.61 Å². The molecular formula is C8H14O6. The van der Waals surface area contributed by atoms with E-state index in [1.807, 2.05) is 0 Å². The van der Waals surface area contributed by atoms with Gasteiger partial charge in [0, 0.05) is 0 Å². The quantitative estimate of drug-likeness (QED) is 0.468. The molecular weight excluding hydrogens is 192 g/mol. The van der Waals surface area contributed by atoms with Crippen LogP contribution in [0.1, 0.15) is 6.92 Å². The van der Waals surface area contributed by atoms with Gasteiger partial charge in [0.05, 0.1) is 6.61 Å². The molecule has 0 spiro atoms. The molecule has 2 fully saturated rings. The van der Waals surface area contributed by atoms with Gasteiger partial charge in [-0.05, 0) is 6.92 Å². The maximum atomic E-state index is 9.62. The molecule has 0 amide bonds. The van der Waals surface area contributed by atoms with E-state index in [1.165, 1.54) is 0 Å². The Balaban J connectivity index is 2.09. The normalized spacial score (nSPS) is 53.1. The summed E-state index contributed by atoms with van der Waals surface area (Å²) < 4.78 is 15.6. The van der Waals surface area contributed by atoms with Crippen LogP contribution < -0.4 is 0 Å². The number of rotatable bonds is 1. The van der Waals surface area contributed by atoms with Crippen molar-refractivity contribution < 1.29 is 29.5 Å². The molecule has 2 aliphatic rings. The maximum Gasteiger partial charge on any atom is 0.190 e. The summed E-state index contributed by atoms with van der Waals surface area (Å²) in [5.74, 6) is 0. The number of fused-ring (bicyclic) bond motifs is 1. The molecule has 0 bridgehead atoms. The van der Waals surface area contributed by atoms with Gasteiger partial charge in [-0.3, -0.25) is 0 Å². The third-order valence-corrected chi connectivity index (χ3v) is 2.50. The van der Waals surface area contributed by atoms with E-state index in [9.17, 15) is 10.2 Å². The summed E-state index contributed by atoms with van der Waals surface area (Å²) in [6, 6.07) is 0. The van der Waals surface area contributed by atoms with E-state index in [1.54, 1.807) is 6.92 Å². The number of ether oxygens (including phenoxy) is 3. The van der Waals surface area contributed by atoms with Gasteiger partial charge in [-0.1, -0.05) is 0 Å². The van der Waals surface area contributed by atoms with Crippen LogP contribution in [0.15, 0.2) is 0 Å². The first-order chi connectivity index (χ1) is 6.63. The summed E-state index contributed by atoms with van der Waals surface area (Å²) in [6.45, 7) is 1.31.